The minimum absolute atomic E-state index is 0.106. The van der Waals surface area contributed by atoms with Gasteiger partial charge in [0, 0.05) is 61.6 Å². The minimum Gasteiger partial charge on any atom is -0.378 e. The van der Waals surface area contributed by atoms with Crippen LogP contribution in [-0.4, -0.2) is 75.0 Å². The molecule has 0 radical (unpaired) electrons. The average molecular weight is 527 g/mol. The maximum atomic E-state index is 13.5. The predicted octanol–water partition coefficient (Wildman–Crippen LogP) is 3.86. The number of piperidine rings is 1. The molecule has 1 unspecified atom stereocenters. The number of alkyl halides is 2. The van der Waals surface area contributed by atoms with Crippen molar-refractivity contribution in [1.82, 2.24) is 19.6 Å². The first-order valence-corrected chi connectivity index (χ1v) is 13.9. The smallest absolute Gasteiger partial charge is 0.274 e. The molecule has 2 aromatic carbocycles. The van der Waals surface area contributed by atoms with Crippen molar-refractivity contribution < 1.29 is 22.5 Å². The lowest BCUT2D eigenvalue weighted by atomic mass is 10.0. The number of hydrogen-bond acceptors (Lipinski definition) is 5. The summed E-state index contributed by atoms with van der Waals surface area (Å²) in [7, 11) is -1.27. The van der Waals surface area contributed by atoms with E-state index in [-0.39, 0.29) is 24.5 Å². The number of nitrogens with zero attached hydrogens (tertiary/aromatic N) is 4. The van der Waals surface area contributed by atoms with Gasteiger partial charge in [0.2, 0.25) is 0 Å². The number of hydrogen-bond donors (Lipinski definition) is 0. The van der Waals surface area contributed by atoms with Gasteiger partial charge in [0.25, 0.3) is 11.8 Å². The third kappa shape index (κ3) is 4.73. The fourth-order valence-electron chi connectivity index (χ4n) is 5.25. The molecule has 1 atom stereocenters. The molecule has 10 heteroatoms. The molecule has 0 bridgehead atoms. The van der Waals surface area contributed by atoms with Gasteiger partial charge in [-0.2, -0.15) is 5.10 Å². The topological polar surface area (TPSA) is 67.7 Å². The number of carbonyl (C=O) groups excluding carboxylic acids is 1. The Hall–Kier alpha value is -2.95. The summed E-state index contributed by atoms with van der Waals surface area (Å²) in [6.07, 6.45) is -0.212. The second kappa shape index (κ2) is 9.74. The van der Waals surface area contributed by atoms with Crippen LogP contribution in [0.2, 0.25) is 0 Å². The lowest BCUT2D eigenvalue weighted by Gasteiger charge is -2.31. The number of rotatable bonds is 4. The van der Waals surface area contributed by atoms with Gasteiger partial charge in [-0.15, -0.1) is 0 Å². The van der Waals surface area contributed by atoms with Crippen molar-refractivity contribution in [2.75, 3.05) is 39.4 Å². The number of amides is 1. The summed E-state index contributed by atoms with van der Waals surface area (Å²) < 4.78 is 47.3. The van der Waals surface area contributed by atoms with Gasteiger partial charge in [0.05, 0.1) is 41.1 Å². The quantitative estimate of drug-likeness (QED) is 0.517. The summed E-state index contributed by atoms with van der Waals surface area (Å²) in [6.45, 7) is 3.33. The predicted molar refractivity (Wildman–Crippen MR) is 135 cm³/mol. The molecule has 0 saturated carbocycles. The maximum Gasteiger partial charge on any atom is 0.274 e. The van der Waals surface area contributed by atoms with Crippen LogP contribution in [0, 0.1) is 0 Å². The molecule has 37 heavy (non-hydrogen) atoms. The molecule has 6 rings (SSSR count). The van der Waals surface area contributed by atoms with Gasteiger partial charge < -0.3 is 9.64 Å². The highest BCUT2D eigenvalue weighted by atomic mass is 32.2. The van der Waals surface area contributed by atoms with E-state index in [1.165, 1.54) is 0 Å². The van der Waals surface area contributed by atoms with Crippen LogP contribution in [0.1, 0.15) is 34.5 Å². The number of fused-ring (bicyclic) bond motifs is 3. The molecule has 3 aliphatic rings. The summed E-state index contributed by atoms with van der Waals surface area (Å²) in [5.74, 6) is -2.50. The first-order chi connectivity index (χ1) is 17.9. The van der Waals surface area contributed by atoms with E-state index in [0.717, 1.165) is 27.4 Å². The summed E-state index contributed by atoms with van der Waals surface area (Å²) in [5.41, 5.74) is 4.45. The van der Waals surface area contributed by atoms with Crippen LogP contribution in [0.4, 0.5) is 8.78 Å². The molecule has 4 heterocycles. The van der Waals surface area contributed by atoms with Crippen molar-refractivity contribution in [2.45, 2.75) is 36.0 Å². The molecular weight excluding hydrogens is 498 g/mol. The Morgan fingerprint density at radius 2 is 1.70 bits per heavy atom. The number of likely N-dealkylation sites (tertiary alicyclic amines) is 1. The zero-order valence-electron chi connectivity index (χ0n) is 20.4. The van der Waals surface area contributed by atoms with E-state index < -0.39 is 16.7 Å². The van der Waals surface area contributed by atoms with E-state index in [0.29, 0.717) is 57.2 Å². The fraction of sp³-hybridized carbons (Fsp3) is 0.407. The number of carbonyl (C=O) groups is 1. The first kappa shape index (κ1) is 24.4. The number of halogens is 2. The first-order valence-electron chi connectivity index (χ1n) is 12.6. The van der Waals surface area contributed by atoms with Crippen LogP contribution in [0.3, 0.4) is 0 Å². The maximum absolute atomic E-state index is 13.5. The Morgan fingerprint density at radius 1 is 1.00 bits per heavy atom. The summed E-state index contributed by atoms with van der Waals surface area (Å²) in [6, 6.07) is 15.4. The Labute approximate surface area is 216 Å². The Balaban J connectivity index is 1.35. The second-order valence-electron chi connectivity index (χ2n) is 9.78. The van der Waals surface area contributed by atoms with Gasteiger partial charge in [-0.05, 0) is 23.8 Å². The van der Waals surface area contributed by atoms with Crippen LogP contribution in [0.15, 0.2) is 53.4 Å². The molecule has 0 N–H and O–H groups in total. The largest absolute Gasteiger partial charge is 0.378 e. The van der Waals surface area contributed by atoms with Crippen molar-refractivity contribution in [3.63, 3.8) is 0 Å². The minimum atomic E-state index is -2.56. The number of benzene rings is 2. The van der Waals surface area contributed by atoms with Gasteiger partial charge in [-0.25, -0.2) is 13.5 Å². The molecular formula is C27H28F2N4O3S. The standard InChI is InChI=1S/C27H28F2N4O3S/c28-27(29)9-11-31(12-10-27)17-19-5-7-20(8-6-19)33-25-21-3-1-2-4-23(21)37(35)18-22(25)24(30-33)26(34)32-13-15-36-16-14-32/h1-8H,9-18H2. The molecule has 2 saturated heterocycles. The third-order valence-electron chi connectivity index (χ3n) is 7.32. The summed E-state index contributed by atoms with van der Waals surface area (Å²) >= 11 is 0. The normalized spacial score (nSPS) is 21.4. The Kier molecular flexibility index (Phi) is 6.42. The third-order valence-corrected chi connectivity index (χ3v) is 8.72. The summed E-state index contributed by atoms with van der Waals surface area (Å²) in [4.78, 5) is 18.0. The van der Waals surface area contributed by atoms with Crippen molar-refractivity contribution >= 4 is 16.7 Å². The lowest BCUT2D eigenvalue weighted by molar-refractivity contribution is -0.0566. The SMILES string of the molecule is O=C(c1nn(-c2ccc(CN3CCC(F)(F)CC3)cc2)c2c1CS(=O)c1ccccc1-2)N1CCOCC1. The molecule has 0 spiro atoms. The molecule has 1 aromatic heterocycles. The van der Waals surface area contributed by atoms with Crippen LogP contribution in [0.5, 0.6) is 0 Å². The van der Waals surface area contributed by atoms with Crippen LogP contribution in [-0.2, 0) is 27.8 Å². The molecule has 3 aliphatic heterocycles. The number of morpholine rings is 1. The zero-order chi connectivity index (χ0) is 25.6. The van der Waals surface area contributed by atoms with E-state index in [1.54, 1.807) is 9.58 Å². The fourth-order valence-corrected chi connectivity index (χ4v) is 6.58. The van der Waals surface area contributed by atoms with Crippen LogP contribution >= 0.6 is 0 Å². The van der Waals surface area contributed by atoms with E-state index >= 15 is 0 Å². The van der Waals surface area contributed by atoms with Crippen LogP contribution < -0.4 is 0 Å². The zero-order valence-corrected chi connectivity index (χ0v) is 21.2. The van der Waals surface area contributed by atoms with Gasteiger partial charge in [-0.1, -0.05) is 30.3 Å². The number of aromatic nitrogens is 2. The average Bonchev–Trinajstić information content (AvgIpc) is 3.30. The van der Waals surface area contributed by atoms with Crippen molar-refractivity contribution in [1.29, 1.82) is 0 Å². The molecule has 194 valence electrons. The molecule has 2 fully saturated rings. The van der Waals surface area contributed by atoms with Crippen LogP contribution in [0.25, 0.3) is 16.9 Å². The highest BCUT2D eigenvalue weighted by molar-refractivity contribution is 7.84. The van der Waals surface area contributed by atoms with E-state index in [2.05, 4.69) is 0 Å². The lowest BCUT2D eigenvalue weighted by Crippen LogP contribution is -2.41. The Morgan fingerprint density at radius 3 is 2.43 bits per heavy atom. The second-order valence-corrected chi connectivity index (χ2v) is 11.2. The molecule has 7 nitrogen and oxygen atoms in total. The highest BCUT2D eigenvalue weighted by Crippen LogP contribution is 2.39. The Bertz CT molecular complexity index is 1340. The molecule has 0 aliphatic carbocycles. The highest BCUT2D eigenvalue weighted by Gasteiger charge is 2.35. The monoisotopic (exact) mass is 526 g/mol. The van der Waals surface area contributed by atoms with Gasteiger partial charge in [0.15, 0.2) is 5.69 Å². The summed E-state index contributed by atoms with van der Waals surface area (Å²) in [5, 5.41) is 4.79. The van der Waals surface area contributed by atoms with Gasteiger partial charge in [-0.3, -0.25) is 13.9 Å². The van der Waals surface area contributed by atoms with Crippen molar-refractivity contribution in [2.24, 2.45) is 0 Å². The van der Waals surface area contributed by atoms with E-state index in [4.69, 9.17) is 9.84 Å². The van der Waals surface area contributed by atoms with Crippen molar-refractivity contribution in [3.05, 3.63) is 65.4 Å². The van der Waals surface area contributed by atoms with E-state index in [1.807, 2.05) is 53.4 Å². The molecule has 1 amide bonds. The molecule has 3 aromatic rings. The van der Waals surface area contributed by atoms with Gasteiger partial charge >= 0.3 is 0 Å². The van der Waals surface area contributed by atoms with Crippen molar-refractivity contribution in [3.8, 4) is 16.9 Å². The van der Waals surface area contributed by atoms with E-state index in [9.17, 15) is 17.8 Å². The number of ether oxygens (including phenoxy) is 1. The van der Waals surface area contributed by atoms with Gasteiger partial charge in [0.1, 0.15) is 0 Å².